The average Bonchev–Trinajstić information content (AvgIpc) is 2.68. The maximum atomic E-state index is 13.4. The van der Waals surface area contributed by atoms with E-state index < -0.39 is 0 Å². The number of Topliss-reactive ketones (excluding diaryl/α,β-unsaturated/α-hetero) is 1. The normalized spacial score (nSPS) is 10.6. The molecule has 0 fully saturated rings. The highest BCUT2D eigenvalue weighted by molar-refractivity contribution is 9.10. The Bertz CT molecular complexity index is 592. The molecule has 17 heavy (non-hydrogen) atoms. The first-order valence-corrected chi connectivity index (χ1v) is 5.80. The van der Waals surface area contributed by atoms with Crippen molar-refractivity contribution in [3.63, 3.8) is 0 Å². The molecule has 88 valence electrons. The number of benzene rings is 1. The van der Waals surface area contributed by atoms with Gasteiger partial charge in [-0.15, -0.1) is 0 Å². The van der Waals surface area contributed by atoms with Crippen molar-refractivity contribution in [2.24, 2.45) is 0 Å². The Labute approximate surface area is 106 Å². The van der Waals surface area contributed by atoms with Crippen LogP contribution in [0.1, 0.15) is 22.8 Å². The first-order chi connectivity index (χ1) is 7.99. The van der Waals surface area contributed by atoms with E-state index in [2.05, 4.69) is 21.0 Å². The molecule has 0 spiro atoms. The van der Waals surface area contributed by atoms with E-state index in [-0.39, 0.29) is 11.6 Å². The van der Waals surface area contributed by atoms with E-state index in [1.54, 1.807) is 30.1 Å². The van der Waals surface area contributed by atoms with Crippen LogP contribution in [0.2, 0.25) is 0 Å². The van der Waals surface area contributed by atoms with E-state index in [0.717, 1.165) is 4.47 Å². The lowest BCUT2D eigenvalue weighted by atomic mass is 10.1. The van der Waals surface area contributed by atoms with Gasteiger partial charge < -0.3 is 0 Å². The SMILES string of the molecule is CC(=O)c1cc(F)c(C)cc1-n1cc(Br)cn1. The van der Waals surface area contributed by atoms with Gasteiger partial charge in [0.15, 0.2) is 5.78 Å². The van der Waals surface area contributed by atoms with Gasteiger partial charge in [-0.05, 0) is 47.5 Å². The summed E-state index contributed by atoms with van der Waals surface area (Å²) in [5.74, 6) is -0.573. The number of aryl methyl sites for hydroxylation is 1. The van der Waals surface area contributed by atoms with Crippen LogP contribution in [0.15, 0.2) is 29.0 Å². The number of nitrogens with zero attached hydrogens (tertiary/aromatic N) is 2. The number of carbonyl (C=O) groups is 1. The summed E-state index contributed by atoms with van der Waals surface area (Å²) >= 11 is 3.28. The number of hydrogen-bond acceptors (Lipinski definition) is 2. The van der Waals surface area contributed by atoms with Gasteiger partial charge in [0.05, 0.1) is 16.4 Å². The molecule has 0 bridgehead atoms. The molecule has 0 saturated heterocycles. The van der Waals surface area contributed by atoms with Crippen LogP contribution >= 0.6 is 15.9 Å². The topological polar surface area (TPSA) is 34.9 Å². The van der Waals surface area contributed by atoms with Crippen molar-refractivity contribution in [1.82, 2.24) is 9.78 Å². The molecule has 1 aromatic carbocycles. The van der Waals surface area contributed by atoms with Gasteiger partial charge in [-0.1, -0.05) is 0 Å². The second-order valence-electron chi connectivity index (χ2n) is 3.78. The monoisotopic (exact) mass is 296 g/mol. The Kier molecular flexibility index (Phi) is 3.11. The van der Waals surface area contributed by atoms with Crippen LogP contribution in [-0.4, -0.2) is 15.6 Å². The van der Waals surface area contributed by atoms with Gasteiger partial charge in [0.2, 0.25) is 0 Å². The number of ketones is 1. The van der Waals surface area contributed by atoms with E-state index in [9.17, 15) is 9.18 Å². The fourth-order valence-electron chi connectivity index (χ4n) is 1.57. The summed E-state index contributed by atoms with van der Waals surface area (Å²) in [4.78, 5) is 11.5. The van der Waals surface area contributed by atoms with Crippen molar-refractivity contribution in [2.45, 2.75) is 13.8 Å². The van der Waals surface area contributed by atoms with E-state index in [1.807, 2.05) is 0 Å². The molecule has 0 unspecified atom stereocenters. The second-order valence-corrected chi connectivity index (χ2v) is 4.69. The maximum Gasteiger partial charge on any atom is 0.162 e. The molecule has 5 heteroatoms. The van der Waals surface area contributed by atoms with Gasteiger partial charge in [-0.3, -0.25) is 4.79 Å². The minimum Gasteiger partial charge on any atom is -0.294 e. The molecule has 0 amide bonds. The molecule has 0 aliphatic heterocycles. The van der Waals surface area contributed by atoms with E-state index in [1.165, 1.54) is 13.0 Å². The summed E-state index contributed by atoms with van der Waals surface area (Å²) in [6.07, 6.45) is 3.34. The maximum absolute atomic E-state index is 13.4. The van der Waals surface area contributed by atoms with Crippen molar-refractivity contribution in [1.29, 1.82) is 0 Å². The summed E-state index contributed by atoms with van der Waals surface area (Å²) < 4.78 is 15.8. The van der Waals surface area contributed by atoms with Gasteiger partial charge in [0.1, 0.15) is 5.82 Å². The third-order valence-electron chi connectivity index (χ3n) is 2.45. The van der Waals surface area contributed by atoms with E-state index in [4.69, 9.17) is 0 Å². The summed E-state index contributed by atoms with van der Waals surface area (Å²) in [5.41, 5.74) is 1.39. The van der Waals surface area contributed by atoms with Crippen molar-refractivity contribution >= 4 is 21.7 Å². The van der Waals surface area contributed by atoms with Gasteiger partial charge in [0, 0.05) is 11.8 Å². The van der Waals surface area contributed by atoms with Crippen LogP contribution in [0.4, 0.5) is 4.39 Å². The lowest BCUT2D eigenvalue weighted by molar-refractivity contribution is 0.101. The molecule has 0 saturated carbocycles. The molecular weight excluding hydrogens is 287 g/mol. The summed E-state index contributed by atoms with van der Waals surface area (Å²) in [6, 6.07) is 2.87. The van der Waals surface area contributed by atoms with Crippen LogP contribution < -0.4 is 0 Å². The minimum absolute atomic E-state index is 0.189. The minimum atomic E-state index is -0.384. The van der Waals surface area contributed by atoms with E-state index in [0.29, 0.717) is 16.8 Å². The molecule has 0 radical (unpaired) electrons. The highest BCUT2D eigenvalue weighted by Crippen LogP contribution is 2.21. The van der Waals surface area contributed by atoms with Crippen LogP contribution in [0.25, 0.3) is 5.69 Å². The standard InChI is InChI=1S/C12H10BrFN2O/c1-7-3-12(16-6-9(13)5-15-16)10(8(2)17)4-11(7)14/h3-6H,1-2H3. The molecular formula is C12H10BrFN2O. The van der Waals surface area contributed by atoms with Crippen molar-refractivity contribution < 1.29 is 9.18 Å². The van der Waals surface area contributed by atoms with Gasteiger partial charge >= 0.3 is 0 Å². The predicted molar refractivity (Wildman–Crippen MR) is 66.0 cm³/mol. The van der Waals surface area contributed by atoms with E-state index >= 15 is 0 Å². The van der Waals surface area contributed by atoms with Crippen LogP contribution in [0, 0.1) is 12.7 Å². The Morgan fingerprint density at radius 3 is 2.71 bits per heavy atom. The lowest BCUT2D eigenvalue weighted by Crippen LogP contribution is -2.05. The zero-order chi connectivity index (χ0) is 12.6. The van der Waals surface area contributed by atoms with Crippen LogP contribution in [-0.2, 0) is 0 Å². The number of carbonyl (C=O) groups excluding carboxylic acids is 1. The largest absolute Gasteiger partial charge is 0.294 e. The number of hydrogen-bond donors (Lipinski definition) is 0. The van der Waals surface area contributed by atoms with Gasteiger partial charge in [-0.25, -0.2) is 9.07 Å². The highest BCUT2D eigenvalue weighted by Gasteiger charge is 2.13. The second kappa shape index (κ2) is 4.41. The Morgan fingerprint density at radius 2 is 2.18 bits per heavy atom. The molecule has 1 aromatic heterocycles. The third-order valence-corrected chi connectivity index (χ3v) is 2.86. The quantitative estimate of drug-likeness (QED) is 0.797. The van der Waals surface area contributed by atoms with Crippen LogP contribution in [0.5, 0.6) is 0 Å². The first-order valence-electron chi connectivity index (χ1n) is 5.00. The molecule has 1 heterocycles. The first kappa shape index (κ1) is 12.0. The average molecular weight is 297 g/mol. The zero-order valence-electron chi connectivity index (χ0n) is 9.37. The van der Waals surface area contributed by atoms with Gasteiger partial charge in [0.25, 0.3) is 0 Å². The zero-order valence-corrected chi connectivity index (χ0v) is 11.0. The Balaban J connectivity index is 2.67. The smallest absolute Gasteiger partial charge is 0.162 e. The molecule has 3 nitrogen and oxygen atoms in total. The Hall–Kier alpha value is -1.49. The molecule has 0 aliphatic carbocycles. The summed E-state index contributed by atoms with van der Waals surface area (Å²) in [6.45, 7) is 3.06. The van der Waals surface area contributed by atoms with Crippen molar-refractivity contribution in [3.05, 3.63) is 45.9 Å². The molecule has 0 aliphatic rings. The number of halogens is 2. The summed E-state index contributed by atoms with van der Waals surface area (Å²) in [7, 11) is 0. The fourth-order valence-corrected chi connectivity index (χ4v) is 1.86. The molecule has 0 atom stereocenters. The van der Waals surface area contributed by atoms with Gasteiger partial charge in [-0.2, -0.15) is 5.10 Å². The highest BCUT2D eigenvalue weighted by atomic mass is 79.9. The predicted octanol–water partition coefficient (Wildman–Crippen LogP) is 3.28. The lowest BCUT2D eigenvalue weighted by Gasteiger charge is -2.09. The van der Waals surface area contributed by atoms with Crippen molar-refractivity contribution in [3.8, 4) is 5.69 Å². The third kappa shape index (κ3) is 2.29. The Morgan fingerprint density at radius 1 is 1.47 bits per heavy atom. The molecule has 2 aromatic rings. The fraction of sp³-hybridized carbons (Fsp3) is 0.167. The molecule has 0 N–H and O–H groups in total. The number of aromatic nitrogens is 2. The molecule has 2 rings (SSSR count). The van der Waals surface area contributed by atoms with Crippen molar-refractivity contribution in [2.75, 3.05) is 0 Å². The number of rotatable bonds is 2. The van der Waals surface area contributed by atoms with Crippen LogP contribution in [0.3, 0.4) is 0 Å². The summed E-state index contributed by atoms with van der Waals surface area (Å²) in [5, 5.41) is 4.09.